The van der Waals surface area contributed by atoms with Crippen LogP contribution in [0, 0.1) is 11.3 Å². The van der Waals surface area contributed by atoms with E-state index in [1.807, 2.05) is 13.0 Å². The number of hydrogen-bond donors (Lipinski definition) is 0. The highest BCUT2D eigenvalue weighted by Gasteiger charge is 2.06. The van der Waals surface area contributed by atoms with Crippen molar-refractivity contribution in [3.05, 3.63) is 23.8 Å². The van der Waals surface area contributed by atoms with Gasteiger partial charge in [-0.3, -0.25) is 4.79 Å². The maximum absolute atomic E-state index is 10.7. The highest BCUT2D eigenvalue weighted by molar-refractivity contribution is 5.76. The van der Waals surface area contributed by atoms with Gasteiger partial charge in [-0.2, -0.15) is 5.26 Å². The molecule has 0 bridgehead atoms. The molecule has 1 unspecified atom stereocenters. The predicted molar refractivity (Wildman–Crippen MR) is 69.5 cm³/mol. The maximum atomic E-state index is 10.7. The first-order valence-corrected chi connectivity index (χ1v) is 6.07. The van der Waals surface area contributed by atoms with Crippen LogP contribution in [0.25, 0.3) is 0 Å². The number of ether oxygens (including phenoxy) is 3. The molecule has 102 valence electrons. The Bertz CT molecular complexity index is 453. The molecule has 1 rings (SSSR count). The van der Waals surface area contributed by atoms with E-state index in [1.165, 1.54) is 0 Å². The van der Waals surface area contributed by atoms with E-state index in [2.05, 4.69) is 0 Å². The maximum Gasteiger partial charge on any atom is 0.161 e. The lowest BCUT2D eigenvalue weighted by Crippen LogP contribution is -2.13. The van der Waals surface area contributed by atoms with Gasteiger partial charge in [0.1, 0.15) is 19.0 Å². The summed E-state index contributed by atoms with van der Waals surface area (Å²) >= 11 is 0. The zero-order valence-corrected chi connectivity index (χ0v) is 11.1. The van der Waals surface area contributed by atoms with Gasteiger partial charge in [0.05, 0.1) is 19.3 Å². The minimum Gasteiger partial charge on any atom is -0.490 e. The van der Waals surface area contributed by atoms with Crippen LogP contribution in [-0.2, 0) is 4.74 Å². The Balaban J connectivity index is 2.57. The lowest BCUT2D eigenvalue weighted by Gasteiger charge is -2.12. The largest absolute Gasteiger partial charge is 0.490 e. The molecule has 0 heterocycles. The van der Waals surface area contributed by atoms with Gasteiger partial charge in [-0.1, -0.05) is 0 Å². The molecular weight excluding hydrogens is 246 g/mol. The number of carbonyl (C=O) groups excluding carboxylic acids is 1. The highest BCUT2D eigenvalue weighted by Crippen LogP contribution is 2.27. The summed E-state index contributed by atoms with van der Waals surface area (Å²) in [5.41, 5.74) is 0.533. The molecule has 0 spiro atoms. The molecule has 0 saturated heterocycles. The van der Waals surface area contributed by atoms with Crippen molar-refractivity contribution in [3.63, 3.8) is 0 Å². The van der Waals surface area contributed by atoms with Crippen LogP contribution in [0.1, 0.15) is 24.2 Å². The standard InChI is InChI=1S/C14H17NO4/c1-3-17-14-8-12(10-16)4-5-13(14)19-7-6-18-11(2)9-15/h4-5,8,10-11H,3,6-7H2,1-2H3. The first-order valence-electron chi connectivity index (χ1n) is 6.07. The van der Waals surface area contributed by atoms with Gasteiger partial charge in [0, 0.05) is 5.56 Å². The number of hydrogen-bond acceptors (Lipinski definition) is 5. The second kappa shape index (κ2) is 8.11. The molecule has 19 heavy (non-hydrogen) atoms. The van der Waals surface area contributed by atoms with Crippen molar-refractivity contribution in [2.75, 3.05) is 19.8 Å². The van der Waals surface area contributed by atoms with Crippen LogP contribution >= 0.6 is 0 Å². The summed E-state index contributed by atoms with van der Waals surface area (Å²) < 4.78 is 16.1. The average Bonchev–Trinajstić information content (AvgIpc) is 2.44. The smallest absolute Gasteiger partial charge is 0.161 e. The summed E-state index contributed by atoms with van der Waals surface area (Å²) in [6, 6.07) is 6.94. The molecule has 0 aliphatic rings. The average molecular weight is 263 g/mol. The van der Waals surface area contributed by atoms with E-state index < -0.39 is 6.10 Å². The van der Waals surface area contributed by atoms with Crippen LogP contribution in [-0.4, -0.2) is 32.2 Å². The topological polar surface area (TPSA) is 68.6 Å². The number of carbonyl (C=O) groups is 1. The predicted octanol–water partition coefficient (Wildman–Crippen LogP) is 2.21. The van der Waals surface area contributed by atoms with E-state index in [1.54, 1.807) is 25.1 Å². The molecule has 0 radical (unpaired) electrons. The van der Waals surface area contributed by atoms with E-state index in [0.29, 0.717) is 36.9 Å². The fraction of sp³-hybridized carbons (Fsp3) is 0.429. The third-order valence-corrected chi connectivity index (χ3v) is 2.29. The quantitative estimate of drug-likeness (QED) is 0.531. The first-order chi connectivity index (χ1) is 9.21. The lowest BCUT2D eigenvalue weighted by atomic mass is 10.2. The van der Waals surface area contributed by atoms with E-state index in [0.717, 1.165) is 6.29 Å². The third kappa shape index (κ3) is 4.98. The summed E-state index contributed by atoms with van der Waals surface area (Å²) in [7, 11) is 0. The Morgan fingerprint density at radius 3 is 2.74 bits per heavy atom. The van der Waals surface area contributed by atoms with Gasteiger partial charge in [-0.15, -0.1) is 0 Å². The van der Waals surface area contributed by atoms with Gasteiger partial charge in [0.15, 0.2) is 11.5 Å². The number of nitriles is 1. The fourth-order valence-electron chi connectivity index (χ4n) is 1.40. The van der Waals surface area contributed by atoms with E-state index in [-0.39, 0.29) is 0 Å². The molecule has 1 atom stereocenters. The van der Waals surface area contributed by atoms with Gasteiger partial charge < -0.3 is 14.2 Å². The number of nitrogens with zero attached hydrogens (tertiary/aromatic N) is 1. The second-order valence-electron chi connectivity index (χ2n) is 3.75. The zero-order chi connectivity index (χ0) is 14.1. The summed E-state index contributed by atoms with van der Waals surface area (Å²) in [5.74, 6) is 1.08. The molecule has 5 heteroatoms. The number of rotatable bonds is 8. The molecule has 0 N–H and O–H groups in total. The van der Waals surface area contributed by atoms with Crippen LogP contribution in [0.3, 0.4) is 0 Å². The van der Waals surface area contributed by atoms with Crippen LogP contribution in [0.4, 0.5) is 0 Å². The SMILES string of the molecule is CCOc1cc(C=O)ccc1OCCOC(C)C#N. The summed E-state index contributed by atoms with van der Waals surface area (Å²) in [6.45, 7) is 4.64. The molecule has 0 fully saturated rings. The van der Waals surface area contributed by atoms with Crippen molar-refractivity contribution < 1.29 is 19.0 Å². The van der Waals surface area contributed by atoms with Crippen molar-refractivity contribution in [3.8, 4) is 17.6 Å². The normalized spacial score (nSPS) is 11.4. The van der Waals surface area contributed by atoms with Crippen LogP contribution in [0.15, 0.2) is 18.2 Å². The van der Waals surface area contributed by atoms with Gasteiger partial charge in [0.2, 0.25) is 0 Å². The summed E-state index contributed by atoms with van der Waals surface area (Å²) in [6.07, 6.45) is 0.302. The molecule has 0 amide bonds. The van der Waals surface area contributed by atoms with Gasteiger partial charge in [0.25, 0.3) is 0 Å². The monoisotopic (exact) mass is 263 g/mol. The van der Waals surface area contributed by atoms with Crippen molar-refractivity contribution in [2.24, 2.45) is 0 Å². The third-order valence-electron chi connectivity index (χ3n) is 2.29. The molecule has 1 aromatic carbocycles. The lowest BCUT2D eigenvalue weighted by molar-refractivity contribution is 0.0734. The Labute approximate surface area is 112 Å². The summed E-state index contributed by atoms with van der Waals surface area (Å²) in [5, 5.41) is 8.55. The van der Waals surface area contributed by atoms with Crippen molar-refractivity contribution >= 4 is 6.29 Å². The Morgan fingerprint density at radius 1 is 1.32 bits per heavy atom. The Hall–Kier alpha value is -2.06. The first kappa shape index (κ1) is 15.0. The van der Waals surface area contributed by atoms with E-state index >= 15 is 0 Å². The molecule has 5 nitrogen and oxygen atoms in total. The number of benzene rings is 1. The number of aldehydes is 1. The van der Waals surface area contributed by atoms with Crippen LogP contribution < -0.4 is 9.47 Å². The molecule has 0 aliphatic heterocycles. The van der Waals surface area contributed by atoms with Crippen LogP contribution in [0.5, 0.6) is 11.5 Å². The minimum atomic E-state index is -0.451. The van der Waals surface area contributed by atoms with Crippen molar-refractivity contribution in [2.45, 2.75) is 20.0 Å². The van der Waals surface area contributed by atoms with Crippen LogP contribution in [0.2, 0.25) is 0 Å². The second-order valence-corrected chi connectivity index (χ2v) is 3.75. The Morgan fingerprint density at radius 2 is 2.11 bits per heavy atom. The molecule has 0 saturated carbocycles. The van der Waals surface area contributed by atoms with E-state index in [9.17, 15) is 4.79 Å². The fourth-order valence-corrected chi connectivity index (χ4v) is 1.40. The van der Waals surface area contributed by atoms with E-state index in [4.69, 9.17) is 19.5 Å². The minimum absolute atomic E-state index is 0.312. The summed E-state index contributed by atoms with van der Waals surface area (Å²) in [4.78, 5) is 10.7. The Kier molecular flexibility index (Phi) is 6.41. The van der Waals surface area contributed by atoms with Crippen molar-refractivity contribution in [1.29, 1.82) is 5.26 Å². The molecule has 1 aromatic rings. The van der Waals surface area contributed by atoms with Gasteiger partial charge in [-0.05, 0) is 32.0 Å². The van der Waals surface area contributed by atoms with Gasteiger partial charge in [-0.25, -0.2) is 0 Å². The molecule has 0 aliphatic carbocycles. The van der Waals surface area contributed by atoms with Crippen molar-refractivity contribution in [1.82, 2.24) is 0 Å². The molecule has 0 aromatic heterocycles. The highest BCUT2D eigenvalue weighted by atomic mass is 16.5. The zero-order valence-electron chi connectivity index (χ0n) is 11.1. The van der Waals surface area contributed by atoms with Gasteiger partial charge >= 0.3 is 0 Å². The molecular formula is C14H17NO4.